The maximum atomic E-state index is 11.7. The minimum Gasteiger partial charge on any atom is -0.196 e. The molecule has 0 fully saturated rings. The van der Waals surface area contributed by atoms with E-state index < -0.39 is 17.9 Å². The van der Waals surface area contributed by atoms with Crippen LogP contribution in [0.5, 0.6) is 0 Å². The van der Waals surface area contributed by atoms with Crippen LogP contribution in [0.3, 0.4) is 0 Å². The predicted octanol–water partition coefficient (Wildman–Crippen LogP) is 2.82. The molecule has 0 N–H and O–H groups in total. The van der Waals surface area contributed by atoms with Crippen molar-refractivity contribution >= 4 is 0 Å². The molecule has 6 heteroatoms. The molecule has 0 bridgehead atoms. The lowest BCUT2D eigenvalue weighted by molar-refractivity contribution is -0.270. The van der Waals surface area contributed by atoms with Crippen LogP contribution >= 0.6 is 0 Å². The summed E-state index contributed by atoms with van der Waals surface area (Å²) in [7, 11) is 0. The molecule has 0 aliphatic heterocycles. The van der Waals surface area contributed by atoms with Gasteiger partial charge in [-0.2, -0.15) is 26.3 Å². The molecule has 11 heavy (non-hydrogen) atoms. The van der Waals surface area contributed by atoms with Gasteiger partial charge in [0.25, 0.3) is 0 Å². The topological polar surface area (TPSA) is 0 Å². The van der Waals surface area contributed by atoms with Gasteiger partial charge in [-0.15, -0.1) is 0 Å². The molecular weight excluding hydrogens is 174 g/mol. The summed E-state index contributed by atoms with van der Waals surface area (Å²) < 4.78 is 68.6. The predicted molar refractivity (Wildman–Crippen MR) is 24.8 cm³/mol. The normalized spacial score (nSPS) is 12.5. The van der Waals surface area contributed by atoms with Crippen molar-refractivity contribution in [2.45, 2.75) is 12.1 Å². The van der Waals surface area contributed by atoms with E-state index in [2.05, 4.69) is 6.58 Å². The van der Waals surface area contributed by atoms with Crippen LogP contribution in [0.4, 0.5) is 26.3 Å². The van der Waals surface area contributed by atoms with Crippen molar-refractivity contribution in [2.75, 3.05) is 0 Å². The van der Waals surface area contributed by atoms with Gasteiger partial charge in [-0.05, 0) is 0 Å². The fourth-order valence-corrected chi connectivity index (χ4v) is 0.235. The van der Waals surface area contributed by atoms with Crippen LogP contribution in [0.15, 0.2) is 18.1 Å². The maximum absolute atomic E-state index is 11.7. The minimum absolute atomic E-state index is 0.842. The standard InChI is InChI=1S/C5H2F6/c1-2-3(6)4(7,8)5(9,10)11/h1H2. The van der Waals surface area contributed by atoms with E-state index in [1.165, 1.54) is 0 Å². The van der Waals surface area contributed by atoms with Gasteiger partial charge < -0.3 is 0 Å². The largest absolute Gasteiger partial charge is 0.461 e. The van der Waals surface area contributed by atoms with E-state index >= 15 is 0 Å². The van der Waals surface area contributed by atoms with Crippen LogP contribution in [-0.2, 0) is 0 Å². The molecular formula is C5H2F6. The van der Waals surface area contributed by atoms with E-state index in [4.69, 9.17) is 0 Å². The second-order valence-corrected chi connectivity index (χ2v) is 1.56. The molecule has 0 aliphatic carbocycles. The highest BCUT2D eigenvalue weighted by molar-refractivity contribution is 5.05. The second kappa shape index (κ2) is 2.62. The molecule has 0 spiro atoms. The summed E-state index contributed by atoms with van der Waals surface area (Å²) in [4.78, 5) is 0. The number of halogens is 6. The van der Waals surface area contributed by atoms with Crippen LogP contribution in [0.25, 0.3) is 0 Å². The van der Waals surface area contributed by atoms with Gasteiger partial charge in [-0.3, -0.25) is 0 Å². The molecule has 0 aliphatic rings. The third kappa shape index (κ3) is 1.77. The van der Waals surface area contributed by atoms with E-state index in [9.17, 15) is 26.3 Å². The quantitative estimate of drug-likeness (QED) is 0.425. The molecule has 0 unspecified atom stereocenters. The molecule has 0 heterocycles. The Balaban J connectivity index is 4.89. The third-order valence-corrected chi connectivity index (χ3v) is 0.787. The van der Waals surface area contributed by atoms with Gasteiger partial charge in [0.05, 0.1) is 0 Å². The van der Waals surface area contributed by atoms with Crippen LogP contribution in [0.2, 0.25) is 0 Å². The molecule has 0 nitrogen and oxygen atoms in total. The van der Waals surface area contributed by atoms with Crippen molar-refractivity contribution in [1.29, 1.82) is 0 Å². The first-order valence-electron chi connectivity index (χ1n) is 2.24. The minimum atomic E-state index is -5.93. The van der Waals surface area contributed by atoms with Gasteiger partial charge in [0.1, 0.15) is 0 Å². The summed E-state index contributed by atoms with van der Waals surface area (Å²) in [6, 6.07) is 0. The van der Waals surface area contributed by atoms with Gasteiger partial charge in [-0.25, -0.2) is 0 Å². The number of alkyl halides is 5. The zero-order valence-electron chi connectivity index (χ0n) is 4.97. The summed E-state index contributed by atoms with van der Waals surface area (Å²) in [6.07, 6.45) is -5.93. The first-order valence-corrected chi connectivity index (χ1v) is 2.24. The van der Waals surface area contributed by atoms with Gasteiger partial charge in [0.2, 0.25) is 5.83 Å². The van der Waals surface area contributed by atoms with Crippen molar-refractivity contribution in [3.63, 3.8) is 0 Å². The van der Waals surface area contributed by atoms with E-state index in [-0.39, 0.29) is 0 Å². The van der Waals surface area contributed by atoms with Crippen molar-refractivity contribution in [3.8, 4) is 0 Å². The molecule has 0 atom stereocenters. The monoisotopic (exact) mass is 176 g/mol. The SMILES string of the molecule is C=C=C(F)C(F)(F)C(F)(F)F. The summed E-state index contributed by atoms with van der Waals surface area (Å²) in [5.74, 6) is -8.20. The molecule has 0 aromatic heterocycles. The Morgan fingerprint density at radius 2 is 1.45 bits per heavy atom. The Morgan fingerprint density at radius 3 is 1.55 bits per heavy atom. The summed E-state index contributed by atoms with van der Waals surface area (Å²) in [5.41, 5.74) is 0.842. The zero-order valence-corrected chi connectivity index (χ0v) is 4.97. The molecule has 0 radical (unpaired) electrons. The molecule has 0 amide bonds. The Kier molecular flexibility index (Phi) is 2.40. The smallest absolute Gasteiger partial charge is 0.196 e. The van der Waals surface area contributed by atoms with Gasteiger partial charge >= 0.3 is 12.1 Å². The first-order chi connectivity index (χ1) is 4.73. The highest BCUT2D eigenvalue weighted by Gasteiger charge is 2.61. The summed E-state index contributed by atoms with van der Waals surface area (Å²) in [6.45, 7) is 2.32. The van der Waals surface area contributed by atoms with Crippen LogP contribution in [0.1, 0.15) is 0 Å². The van der Waals surface area contributed by atoms with Crippen molar-refractivity contribution in [1.82, 2.24) is 0 Å². The number of hydrogen-bond donors (Lipinski definition) is 0. The Hall–Kier alpha value is -0.900. The third-order valence-electron chi connectivity index (χ3n) is 0.787. The lowest BCUT2D eigenvalue weighted by Crippen LogP contribution is -2.36. The highest BCUT2D eigenvalue weighted by atomic mass is 19.4. The van der Waals surface area contributed by atoms with Crippen molar-refractivity contribution in [2.24, 2.45) is 0 Å². The van der Waals surface area contributed by atoms with Crippen LogP contribution in [-0.4, -0.2) is 12.1 Å². The van der Waals surface area contributed by atoms with E-state index in [0.717, 1.165) is 5.73 Å². The average Bonchev–Trinajstić information content (AvgIpc) is 1.83. The number of rotatable bonds is 1. The molecule has 64 valence electrons. The van der Waals surface area contributed by atoms with E-state index in [0.29, 0.717) is 0 Å². The fraction of sp³-hybridized carbons (Fsp3) is 0.400. The fourth-order valence-electron chi connectivity index (χ4n) is 0.235. The number of hydrogen-bond acceptors (Lipinski definition) is 0. The van der Waals surface area contributed by atoms with Crippen molar-refractivity contribution < 1.29 is 26.3 Å². The molecule has 0 aromatic rings. The van der Waals surface area contributed by atoms with Crippen molar-refractivity contribution in [3.05, 3.63) is 18.1 Å². The zero-order chi connectivity index (χ0) is 9.28. The maximum Gasteiger partial charge on any atom is 0.461 e. The van der Waals surface area contributed by atoms with Gasteiger partial charge in [-0.1, -0.05) is 12.3 Å². The first kappa shape index (κ1) is 10.1. The lowest BCUT2D eigenvalue weighted by Gasteiger charge is -2.15. The molecule has 0 rings (SSSR count). The Bertz CT molecular complexity index is 194. The Labute approximate surface area is 57.8 Å². The summed E-state index contributed by atoms with van der Waals surface area (Å²) in [5, 5.41) is 0. The molecule has 0 saturated carbocycles. The average molecular weight is 176 g/mol. The highest BCUT2D eigenvalue weighted by Crippen LogP contribution is 2.40. The van der Waals surface area contributed by atoms with Gasteiger partial charge in [0.15, 0.2) is 0 Å². The van der Waals surface area contributed by atoms with E-state index in [1.54, 1.807) is 0 Å². The van der Waals surface area contributed by atoms with Crippen LogP contribution < -0.4 is 0 Å². The molecule has 0 saturated heterocycles. The van der Waals surface area contributed by atoms with Gasteiger partial charge in [0, 0.05) is 0 Å². The van der Waals surface area contributed by atoms with E-state index in [1.807, 2.05) is 0 Å². The van der Waals surface area contributed by atoms with Crippen LogP contribution in [0, 0.1) is 0 Å². The Morgan fingerprint density at radius 1 is 1.09 bits per heavy atom. The number of allylic oxidation sites excluding steroid dienone is 1. The molecule has 0 aromatic carbocycles. The summed E-state index contributed by atoms with van der Waals surface area (Å²) >= 11 is 0. The lowest BCUT2D eigenvalue weighted by atomic mass is 10.3. The second-order valence-electron chi connectivity index (χ2n) is 1.56.